The summed E-state index contributed by atoms with van der Waals surface area (Å²) in [5.74, 6) is 0.591. The van der Waals surface area contributed by atoms with E-state index < -0.39 is 0 Å². The third-order valence-electron chi connectivity index (χ3n) is 3.20. The zero-order chi connectivity index (χ0) is 12.3. The van der Waals surface area contributed by atoms with Gasteiger partial charge in [0.1, 0.15) is 5.75 Å². The average molecular weight is 234 g/mol. The quantitative estimate of drug-likeness (QED) is 0.854. The van der Waals surface area contributed by atoms with Gasteiger partial charge in [-0.05, 0) is 37.1 Å². The van der Waals surface area contributed by atoms with Crippen LogP contribution in [0, 0.1) is 0 Å². The highest BCUT2D eigenvalue weighted by atomic mass is 16.5. The van der Waals surface area contributed by atoms with E-state index in [1.165, 1.54) is 5.56 Å². The molecule has 1 aliphatic heterocycles. The molecule has 1 unspecified atom stereocenters. The van der Waals surface area contributed by atoms with Gasteiger partial charge in [0.25, 0.3) is 0 Å². The van der Waals surface area contributed by atoms with E-state index in [-0.39, 0.29) is 11.9 Å². The van der Waals surface area contributed by atoms with Gasteiger partial charge in [-0.15, -0.1) is 0 Å². The number of amides is 1. The number of nitrogens with two attached hydrogens (primary N) is 1. The number of hydrogen-bond acceptors (Lipinski definition) is 3. The van der Waals surface area contributed by atoms with Gasteiger partial charge in [-0.3, -0.25) is 9.69 Å². The fourth-order valence-electron chi connectivity index (χ4n) is 2.44. The van der Waals surface area contributed by atoms with Crippen molar-refractivity contribution in [2.24, 2.45) is 5.73 Å². The Morgan fingerprint density at radius 3 is 3.12 bits per heavy atom. The first-order valence-electron chi connectivity index (χ1n) is 5.87. The number of hydrogen-bond donors (Lipinski definition) is 1. The Morgan fingerprint density at radius 1 is 1.59 bits per heavy atom. The zero-order valence-corrected chi connectivity index (χ0v) is 10.1. The van der Waals surface area contributed by atoms with E-state index in [1.807, 2.05) is 18.2 Å². The van der Waals surface area contributed by atoms with Crippen molar-refractivity contribution in [3.63, 3.8) is 0 Å². The molecule has 0 spiro atoms. The Hall–Kier alpha value is -1.55. The molecule has 2 N–H and O–H groups in total. The van der Waals surface area contributed by atoms with Crippen molar-refractivity contribution in [2.75, 3.05) is 20.2 Å². The van der Waals surface area contributed by atoms with Crippen molar-refractivity contribution in [1.82, 2.24) is 4.90 Å². The molecule has 1 fully saturated rings. The number of primary amides is 1. The van der Waals surface area contributed by atoms with Gasteiger partial charge < -0.3 is 10.5 Å². The summed E-state index contributed by atoms with van der Waals surface area (Å²) in [5, 5.41) is 0. The topological polar surface area (TPSA) is 55.6 Å². The number of nitrogens with zero attached hydrogens (tertiary/aromatic N) is 1. The number of carbonyl (C=O) groups excluding carboxylic acids is 1. The van der Waals surface area contributed by atoms with E-state index in [4.69, 9.17) is 10.5 Å². The van der Waals surface area contributed by atoms with Crippen LogP contribution in [0.1, 0.15) is 24.4 Å². The monoisotopic (exact) mass is 234 g/mol. The van der Waals surface area contributed by atoms with Crippen LogP contribution in [0.4, 0.5) is 0 Å². The van der Waals surface area contributed by atoms with Crippen LogP contribution in [0.5, 0.6) is 5.75 Å². The molecule has 0 aliphatic carbocycles. The van der Waals surface area contributed by atoms with E-state index in [0.717, 1.165) is 25.1 Å². The lowest BCUT2D eigenvalue weighted by atomic mass is 10.0. The molecular formula is C13H18N2O2. The maximum absolute atomic E-state index is 11.0. The van der Waals surface area contributed by atoms with Crippen LogP contribution in [0.15, 0.2) is 24.3 Å². The van der Waals surface area contributed by atoms with E-state index >= 15 is 0 Å². The first kappa shape index (κ1) is 11.9. The second kappa shape index (κ2) is 5.19. The van der Waals surface area contributed by atoms with Gasteiger partial charge in [0.2, 0.25) is 5.91 Å². The molecule has 17 heavy (non-hydrogen) atoms. The number of carbonyl (C=O) groups is 1. The number of rotatable bonds is 4. The summed E-state index contributed by atoms with van der Waals surface area (Å²) in [4.78, 5) is 13.1. The second-order valence-electron chi connectivity index (χ2n) is 4.37. The van der Waals surface area contributed by atoms with Gasteiger partial charge in [0, 0.05) is 6.04 Å². The maximum Gasteiger partial charge on any atom is 0.231 e. The first-order chi connectivity index (χ1) is 8.20. The Balaban J connectivity index is 2.16. The highest BCUT2D eigenvalue weighted by Gasteiger charge is 2.26. The molecule has 1 heterocycles. The average Bonchev–Trinajstić information content (AvgIpc) is 2.76. The van der Waals surface area contributed by atoms with Crippen molar-refractivity contribution < 1.29 is 9.53 Å². The van der Waals surface area contributed by atoms with Gasteiger partial charge in [-0.25, -0.2) is 0 Å². The molecule has 0 saturated carbocycles. The number of benzene rings is 1. The van der Waals surface area contributed by atoms with E-state index in [2.05, 4.69) is 11.0 Å². The number of methoxy groups -OCH3 is 1. The predicted molar refractivity (Wildman–Crippen MR) is 65.7 cm³/mol. The summed E-state index contributed by atoms with van der Waals surface area (Å²) >= 11 is 0. The molecule has 1 aliphatic rings. The second-order valence-corrected chi connectivity index (χ2v) is 4.37. The molecule has 0 radical (unpaired) electrons. The fraction of sp³-hybridized carbons (Fsp3) is 0.462. The standard InChI is InChI=1S/C13H18N2O2/c1-17-11-5-2-4-10(8-11)12-6-3-7-15(12)9-13(14)16/h2,4-5,8,12H,3,6-7,9H2,1H3,(H2,14,16). The molecule has 1 aromatic rings. The SMILES string of the molecule is COc1cccc(C2CCCN2CC(N)=O)c1. The van der Waals surface area contributed by atoms with Crippen LogP contribution in [0.3, 0.4) is 0 Å². The molecule has 92 valence electrons. The summed E-state index contributed by atoms with van der Waals surface area (Å²) in [5.41, 5.74) is 6.46. The number of likely N-dealkylation sites (tertiary alicyclic amines) is 1. The van der Waals surface area contributed by atoms with E-state index in [0.29, 0.717) is 6.54 Å². The lowest BCUT2D eigenvalue weighted by Gasteiger charge is -2.23. The van der Waals surface area contributed by atoms with Gasteiger partial charge in [-0.2, -0.15) is 0 Å². The molecule has 1 saturated heterocycles. The van der Waals surface area contributed by atoms with Gasteiger partial charge in [0.05, 0.1) is 13.7 Å². The molecule has 0 aromatic heterocycles. The van der Waals surface area contributed by atoms with Crippen LogP contribution in [-0.4, -0.2) is 31.0 Å². The Kier molecular flexibility index (Phi) is 3.64. The Morgan fingerprint density at radius 2 is 2.41 bits per heavy atom. The summed E-state index contributed by atoms with van der Waals surface area (Å²) in [6.45, 7) is 1.27. The van der Waals surface area contributed by atoms with Gasteiger partial charge in [-0.1, -0.05) is 12.1 Å². The van der Waals surface area contributed by atoms with Crippen LogP contribution >= 0.6 is 0 Å². The highest BCUT2D eigenvalue weighted by Crippen LogP contribution is 2.32. The normalized spacial score (nSPS) is 20.4. The molecule has 2 rings (SSSR count). The molecule has 4 nitrogen and oxygen atoms in total. The van der Waals surface area contributed by atoms with Crippen molar-refractivity contribution >= 4 is 5.91 Å². The molecule has 0 bridgehead atoms. The van der Waals surface area contributed by atoms with Crippen LogP contribution in [0.2, 0.25) is 0 Å². The predicted octanol–water partition coefficient (Wildman–Crippen LogP) is 1.32. The third kappa shape index (κ3) is 2.77. The lowest BCUT2D eigenvalue weighted by Crippen LogP contribution is -2.33. The van der Waals surface area contributed by atoms with Gasteiger partial charge in [0.15, 0.2) is 0 Å². The summed E-state index contributed by atoms with van der Waals surface area (Å²) < 4.78 is 5.22. The first-order valence-corrected chi connectivity index (χ1v) is 5.87. The molecule has 1 aromatic carbocycles. The largest absolute Gasteiger partial charge is 0.497 e. The fourth-order valence-corrected chi connectivity index (χ4v) is 2.44. The van der Waals surface area contributed by atoms with Crippen molar-refractivity contribution in [2.45, 2.75) is 18.9 Å². The van der Waals surface area contributed by atoms with Crippen LogP contribution < -0.4 is 10.5 Å². The molecule has 1 amide bonds. The summed E-state index contributed by atoms with van der Waals surface area (Å²) in [7, 11) is 1.66. The van der Waals surface area contributed by atoms with E-state index in [9.17, 15) is 4.79 Å². The third-order valence-corrected chi connectivity index (χ3v) is 3.20. The number of ether oxygens (including phenoxy) is 1. The lowest BCUT2D eigenvalue weighted by molar-refractivity contribution is -0.119. The zero-order valence-electron chi connectivity index (χ0n) is 10.1. The minimum absolute atomic E-state index is 0.264. The minimum atomic E-state index is -0.264. The van der Waals surface area contributed by atoms with Gasteiger partial charge >= 0.3 is 0 Å². The minimum Gasteiger partial charge on any atom is -0.497 e. The summed E-state index contributed by atoms with van der Waals surface area (Å²) in [6, 6.07) is 8.31. The smallest absolute Gasteiger partial charge is 0.231 e. The Bertz CT molecular complexity index is 406. The van der Waals surface area contributed by atoms with Crippen molar-refractivity contribution in [1.29, 1.82) is 0 Å². The van der Waals surface area contributed by atoms with E-state index in [1.54, 1.807) is 7.11 Å². The Labute approximate surface area is 101 Å². The highest BCUT2D eigenvalue weighted by molar-refractivity contribution is 5.76. The summed E-state index contributed by atoms with van der Waals surface area (Å²) in [6.07, 6.45) is 2.18. The maximum atomic E-state index is 11.0. The van der Waals surface area contributed by atoms with Crippen LogP contribution in [0.25, 0.3) is 0 Å². The van der Waals surface area contributed by atoms with Crippen molar-refractivity contribution in [3.05, 3.63) is 29.8 Å². The molecule has 4 heteroatoms. The van der Waals surface area contributed by atoms with Crippen LogP contribution in [-0.2, 0) is 4.79 Å². The molecular weight excluding hydrogens is 216 g/mol. The molecule has 1 atom stereocenters. The van der Waals surface area contributed by atoms with Crippen molar-refractivity contribution in [3.8, 4) is 5.75 Å².